The van der Waals surface area contributed by atoms with Crippen molar-refractivity contribution in [2.75, 3.05) is 5.75 Å². The van der Waals surface area contributed by atoms with Gasteiger partial charge in [0, 0.05) is 13.0 Å². The van der Waals surface area contributed by atoms with Gasteiger partial charge in [-0.2, -0.15) is 0 Å². The largest absolute Gasteiger partial charge is 0.343 e. The van der Waals surface area contributed by atoms with E-state index in [1.54, 1.807) is 0 Å². The van der Waals surface area contributed by atoms with Gasteiger partial charge in [0.1, 0.15) is 6.04 Å². The molecule has 1 N–H and O–H groups in total. The van der Waals surface area contributed by atoms with Crippen LogP contribution in [0.4, 0.5) is 0 Å². The van der Waals surface area contributed by atoms with Crippen LogP contribution in [0.3, 0.4) is 0 Å². The van der Waals surface area contributed by atoms with E-state index < -0.39 is 11.3 Å². The topological polar surface area (TPSA) is 66.5 Å². The van der Waals surface area contributed by atoms with E-state index in [0.29, 0.717) is 12.8 Å². The van der Waals surface area contributed by atoms with Crippen molar-refractivity contribution in [1.29, 1.82) is 0 Å². The van der Waals surface area contributed by atoms with Gasteiger partial charge in [0.25, 0.3) is 0 Å². The van der Waals surface area contributed by atoms with Gasteiger partial charge in [0.15, 0.2) is 5.12 Å². The summed E-state index contributed by atoms with van der Waals surface area (Å²) in [7, 11) is 0. The summed E-state index contributed by atoms with van der Waals surface area (Å²) >= 11 is 2.86. The molecule has 0 aliphatic carbocycles. The molecule has 2 amide bonds. The van der Waals surface area contributed by atoms with Crippen molar-refractivity contribution >= 4 is 40.5 Å². The molecule has 0 aromatic heterocycles. The molecule has 28 heavy (non-hydrogen) atoms. The second kappa shape index (κ2) is 9.83. The highest BCUT2D eigenvalue weighted by Gasteiger charge is 2.39. The first-order valence-corrected chi connectivity index (χ1v) is 11.8. The van der Waals surface area contributed by atoms with Crippen LogP contribution in [0.5, 0.6) is 0 Å². The quantitative estimate of drug-likeness (QED) is 0.792. The van der Waals surface area contributed by atoms with E-state index in [-0.39, 0.29) is 28.3 Å². The molecule has 7 heteroatoms. The number of rotatable bonds is 5. The smallest absolute Gasteiger partial charge is 0.246 e. The number of hydrogen-bond donors (Lipinski definition) is 1. The molecular formula is C21H28N2O3S2. The van der Waals surface area contributed by atoms with Crippen LogP contribution >= 0.6 is 23.5 Å². The molecule has 0 bridgehead atoms. The summed E-state index contributed by atoms with van der Waals surface area (Å²) in [6.45, 7) is 3.57. The average Bonchev–Trinajstić information content (AvgIpc) is 2.82. The number of carbonyl (C=O) groups is 3. The number of hydrogen-bond acceptors (Lipinski definition) is 5. The number of amides is 2. The van der Waals surface area contributed by atoms with Gasteiger partial charge in [0.05, 0.1) is 10.6 Å². The van der Waals surface area contributed by atoms with Crippen LogP contribution in [-0.2, 0) is 20.8 Å². The van der Waals surface area contributed by atoms with Crippen molar-refractivity contribution < 1.29 is 14.4 Å². The summed E-state index contributed by atoms with van der Waals surface area (Å²) < 4.78 is 0. The Morgan fingerprint density at radius 2 is 2.00 bits per heavy atom. The van der Waals surface area contributed by atoms with Gasteiger partial charge in [-0.25, -0.2) is 0 Å². The number of fused-ring (bicyclic) bond motifs is 1. The number of nitrogens with zero attached hydrogens (tertiary/aromatic N) is 1. The van der Waals surface area contributed by atoms with E-state index in [1.807, 2.05) is 47.0 Å². The Labute approximate surface area is 175 Å². The van der Waals surface area contributed by atoms with Crippen LogP contribution in [0.1, 0.15) is 45.1 Å². The lowest BCUT2D eigenvalue weighted by atomic mass is 10.0. The summed E-state index contributed by atoms with van der Waals surface area (Å²) in [5.74, 6) is 0.658. The first-order valence-electron chi connectivity index (χ1n) is 9.91. The molecule has 2 aliphatic rings. The molecule has 4 atom stereocenters. The Kier molecular flexibility index (Phi) is 7.46. The van der Waals surface area contributed by atoms with Crippen molar-refractivity contribution in [3.8, 4) is 0 Å². The van der Waals surface area contributed by atoms with Crippen LogP contribution in [-0.4, -0.2) is 50.3 Å². The zero-order valence-corrected chi connectivity index (χ0v) is 18.1. The second-order valence-corrected chi connectivity index (χ2v) is 10.2. The third kappa shape index (κ3) is 5.32. The molecule has 1 aromatic rings. The maximum absolute atomic E-state index is 13.2. The van der Waals surface area contributed by atoms with Crippen molar-refractivity contribution in [1.82, 2.24) is 10.2 Å². The summed E-state index contributed by atoms with van der Waals surface area (Å²) in [5, 5.41) is 2.57. The maximum Gasteiger partial charge on any atom is 0.246 e. The molecule has 0 spiro atoms. The van der Waals surface area contributed by atoms with E-state index in [0.717, 1.165) is 42.3 Å². The molecule has 0 saturated carbocycles. The molecule has 0 radical (unpaired) electrons. The Morgan fingerprint density at radius 3 is 2.71 bits per heavy atom. The van der Waals surface area contributed by atoms with Crippen LogP contribution in [0, 0.1) is 0 Å². The zero-order chi connectivity index (χ0) is 20.1. The SMILES string of the molecule is CC(=O)S[C@@H](Cc1ccccc1)C(=O)N[C@H]1CCS[C@H]2CCCC(C)N2C1=O. The van der Waals surface area contributed by atoms with E-state index >= 15 is 0 Å². The monoisotopic (exact) mass is 420 g/mol. The highest BCUT2D eigenvalue weighted by Crippen LogP contribution is 2.34. The zero-order valence-electron chi connectivity index (χ0n) is 16.4. The lowest BCUT2D eigenvalue weighted by molar-refractivity contribution is -0.139. The van der Waals surface area contributed by atoms with Gasteiger partial charge in [-0.15, -0.1) is 11.8 Å². The third-order valence-corrected chi connectivity index (χ3v) is 7.62. The Hall–Kier alpha value is -1.47. The van der Waals surface area contributed by atoms with Crippen molar-refractivity contribution in [2.45, 2.75) is 68.7 Å². The van der Waals surface area contributed by atoms with Crippen LogP contribution < -0.4 is 5.32 Å². The van der Waals surface area contributed by atoms with Gasteiger partial charge in [-0.1, -0.05) is 42.1 Å². The molecule has 1 unspecified atom stereocenters. The first-order chi connectivity index (χ1) is 13.5. The standard InChI is InChI=1S/C21H28N2O3S2/c1-14-7-6-10-19-23(14)21(26)17(11-12-27-19)22-20(25)18(28-15(2)24)13-16-8-4-3-5-9-16/h3-5,8-9,14,17-19H,6-7,10-13H2,1-2H3,(H,22,25)/t14?,17-,18-,19-/m0/s1. The average molecular weight is 421 g/mol. The van der Waals surface area contributed by atoms with Gasteiger partial charge < -0.3 is 10.2 Å². The minimum absolute atomic E-state index is 0.0295. The Morgan fingerprint density at radius 1 is 1.25 bits per heavy atom. The fourth-order valence-electron chi connectivity index (χ4n) is 3.91. The normalized spacial score (nSPS) is 26.1. The van der Waals surface area contributed by atoms with Crippen molar-refractivity contribution in [3.63, 3.8) is 0 Å². The molecule has 1 aromatic carbocycles. The third-order valence-electron chi connectivity index (χ3n) is 5.31. The van der Waals surface area contributed by atoms with Gasteiger partial charge in [-0.05, 0) is 50.3 Å². The predicted octanol–water partition coefficient (Wildman–Crippen LogP) is 3.23. The summed E-state index contributed by atoms with van der Waals surface area (Å²) in [5.41, 5.74) is 1.00. The number of piperidine rings is 1. The Balaban J connectivity index is 1.70. The number of benzene rings is 1. The summed E-state index contributed by atoms with van der Waals surface area (Å²) in [4.78, 5) is 39.8. The van der Waals surface area contributed by atoms with Crippen molar-refractivity contribution in [2.24, 2.45) is 0 Å². The number of nitrogens with one attached hydrogen (secondary N) is 1. The molecule has 2 heterocycles. The van der Waals surface area contributed by atoms with E-state index in [4.69, 9.17) is 0 Å². The fourth-order valence-corrected chi connectivity index (χ4v) is 6.21. The van der Waals surface area contributed by atoms with E-state index in [1.165, 1.54) is 6.92 Å². The minimum Gasteiger partial charge on any atom is -0.343 e. The summed E-state index contributed by atoms with van der Waals surface area (Å²) in [6.07, 6.45) is 4.29. The summed E-state index contributed by atoms with van der Waals surface area (Å²) in [6, 6.07) is 9.39. The van der Waals surface area contributed by atoms with Crippen LogP contribution in [0.2, 0.25) is 0 Å². The van der Waals surface area contributed by atoms with Crippen LogP contribution in [0.25, 0.3) is 0 Å². The first kappa shape index (κ1) is 21.2. The fraction of sp³-hybridized carbons (Fsp3) is 0.571. The molecule has 2 aliphatic heterocycles. The van der Waals surface area contributed by atoms with Gasteiger partial charge >= 0.3 is 0 Å². The lowest BCUT2D eigenvalue weighted by Crippen LogP contribution is -2.55. The lowest BCUT2D eigenvalue weighted by Gasteiger charge is -2.40. The predicted molar refractivity (Wildman–Crippen MR) is 115 cm³/mol. The second-order valence-electron chi connectivity index (χ2n) is 7.49. The van der Waals surface area contributed by atoms with Crippen molar-refractivity contribution in [3.05, 3.63) is 35.9 Å². The van der Waals surface area contributed by atoms with E-state index in [9.17, 15) is 14.4 Å². The molecule has 3 rings (SSSR count). The molecular weight excluding hydrogens is 392 g/mol. The minimum atomic E-state index is -0.529. The number of thioether (sulfide) groups is 2. The molecule has 2 fully saturated rings. The molecule has 152 valence electrons. The molecule has 5 nitrogen and oxygen atoms in total. The molecule has 2 saturated heterocycles. The van der Waals surface area contributed by atoms with E-state index in [2.05, 4.69) is 12.2 Å². The van der Waals surface area contributed by atoms with Gasteiger partial charge in [0.2, 0.25) is 11.8 Å². The highest BCUT2D eigenvalue weighted by atomic mass is 32.2. The van der Waals surface area contributed by atoms with Gasteiger partial charge in [-0.3, -0.25) is 14.4 Å². The number of carbonyl (C=O) groups excluding carboxylic acids is 3. The maximum atomic E-state index is 13.2. The highest BCUT2D eigenvalue weighted by molar-refractivity contribution is 8.14. The Bertz CT molecular complexity index is 713. The van der Waals surface area contributed by atoms with Crippen LogP contribution in [0.15, 0.2) is 30.3 Å².